The number of hydrogen-bond donors (Lipinski definition) is 1. The lowest BCUT2D eigenvalue weighted by Gasteiger charge is -2.09. The number of nitrogen functional groups attached to an aromatic ring is 1. The van der Waals surface area contributed by atoms with Crippen LogP contribution in [-0.4, -0.2) is 23.3 Å². The third-order valence-corrected chi connectivity index (χ3v) is 3.27. The summed E-state index contributed by atoms with van der Waals surface area (Å²) in [6.45, 7) is 1.94. The summed E-state index contributed by atoms with van der Waals surface area (Å²) in [6.07, 6.45) is 2.33. The molecule has 94 valence electrons. The molecule has 2 N–H and O–H groups in total. The first-order valence-electron chi connectivity index (χ1n) is 5.88. The number of nitrogens with zero attached hydrogens (tertiary/aromatic N) is 3. The van der Waals surface area contributed by atoms with E-state index in [0.717, 1.165) is 18.7 Å². The van der Waals surface area contributed by atoms with E-state index in [1.54, 1.807) is 18.2 Å². The Morgan fingerprint density at radius 2 is 2.00 bits per heavy atom. The van der Waals surface area contributed by atoms with Gasteiger partial charge in [0.2, 0.25) is 0 Å². The van der Waals surface area contributed by atoms with Crippen molar-refractivity contribution in [2.45, 2.75) is 12.8 Å². The maximum absolute atomic E-state index is 5.89. The van der Waals surface area contributed by atoms with Gasteiger partial charge in [-0.3, -0.25) is 0 Å². The zero-order valence-corrected chi connectivity index (χ0v) is 10.5. The van der Waals surface area contributed by atoms with E-state index in [1.807, 2.05) is 0 Å². The summed E-state index contributed by atoms with van der Waals surface area (Å²) in [5, 5.41) is 8.69. The van der Waals surface area contributed by atoms with Crippen LogP contribution in [0.2, 0.25) is 5.02 Å². The molecule has 0 unspecified atom stereocenters. The van der Waals surface area contributed by atoms with Crippen LogP contribution >= 0.6 is 11.6 Å². The Morgan fingerprint density at radius 3 is 2.72 bits per heavy atom. The highest BCUT2D eigenvalue weighted by atomic mass is 35.5. The van der Waals surface area contributed by atoms with E-state index in [2.05, 4.69) is 15.1 Å². The molecule has 1 aromatic heterocycles. The second kappa shape index (κ2) is 4.49. The van der Waals surface area contributed by atoms with Gasteiger partial charge in [0.05, 0.1) is 5.56 Å². The first-order chi connectivity index (χ1) is 8.74. The number of nitrogens with two attached hydrogens (primary N) is 1. The van der Waals surface area contributed by atoms with Gasteiger partial charge in [-0.25, -0.2) is 0 Å². The molecule has 1 saturated heterocycles. The Morgan fingerprint density at radius 1 is 1.22 bits per heavy atom. The van der Waals surface area contributed by atoms with Gasteiger partial charge in [0, 0.05) is 23.8 Å². The van der Waals surface area contributed by atoms with Crippen LogP contribution in [0.5, 0.6) is 0 Å². The topological polar surface area (TPSA) is 68.2 Å². The van der Waals surface area contributed by atoms with Gasteiger partial charge in [0.15, 0.2) is 0 Å². The van der Waals surface area contributed by atoms with Gasteiger partial charge < -0.3 is 15.1 Å². The Labute approximate surface area is 110 Å². The molecule has 3 rings (SSSR count). The van der Waals surface area contributed by atoms with Gasteiger partial charge in [0.25, 0.3) is 5.89 Å². The molecule has 2 aromatic rings. The molecule has 0 bridgehead atoms. The van der Waals surface area contributed by atoms with Crippen molar-refractivity contribution in [1.29, 1.82) is 0 Å². The number of rotatable bonds is 2. The Balaban J connectivity index is 1.92. The lowest BCUT2D eigenvalue weighted by atomic mass is 10.2. The van der Waals surface area contributed by atoms with Crippen LogP contribution in [-0.2, 0) is 0 Å². The van der Waals surface area contributed by atoms with Crippen LogP contribution < -0.4 is 10.6 Å². The second-order valence-corrected chi connectivity index (χ2v) is 4.75. The molecular formula is C12H13ClN4O. The fourth-order valence-electron chi connectivity index (χ4n) is 2.09. The smallest absolute Gasteiger partial charge is 0.318 e. The lowest BCUT2D eigenvalue weighted by Crippen LogP contribution is -2.17. The Bertz CT molecular complexity index is 563. The van der Waals surface area contributed by atoms with Gasteiger partial charge >= 0.3 is 6.01 Å². The molecular weight excluding hydrogens is 252 g/mol. The van der Waals surface area contributed by atoms with E-state index in [1.165, 1.54) is 12.8 Å². The van der Waals surface area contributed by atoms with Crippen LogP contribution in [0.25, 0.3) is 11.5 Å². The molecule has 0 radical (unpaired) electrons. The van der Waals surface area contributed by atoms with E-state index >= 15 is 0 Å². The van der Waals surface area contributed by atoms with Crippen molar-refractivity contribution in [3.63, 3.8) is 0 Å². The van der Waals surface area contributed by atoms with Crippen molar-refractivity contribution < 1.29 is 4.42 Å². The number of halogens is 1. The average Bonchev–Trinajstić information content (AvgIpc) is 2.99. The molecule has 1 fully saturated rings. The molecule has 1 aromatic carbocycles. The standard InChI is InChI=1S/C12H13ClN4O/c13-8-3-4-9(10(14)7-8)11-15-16-12(18-11)17-5-1-2-6-17/h3-4,7H,1-2,5-6,14H2. The first kappa shape index (κ1) is 11.3. The quantitative estimate of drug-likeness (QED) is 0.845. The minimum atomic E-state index is 0.436. The highest BCUT2D eigenvalue weighted by Crippen LogP contribution is 2.29. The summed E-state index contributed by atoms with van der Waals surface area (Å²) in [5.41, 5.74) is 7.15. The van der Waals surface area contributed by atoms with Crippen LogP contribution in [0.4, 0.5) is 11.7 Å². The molecule has 0 saturated carbocycles. The highest BCUT2D eigenvalue weighted by molar-refractivity contribution is 6.31. The molecule has 6 heteroatoms. The van der Waals surface area contributed by atoms with Gasteiger partial charge in [0.1, 0.15) is 0 Å². The van der Waals surface area contributed by atoms with Gasteiger partial charge in [-0.05, 0) is 31.0 Å². The zero-order chi connectivity index (χ0) is 12.5. The molecule has 0 atom stereocenters. The molecule has 2 heterocycles. The second-order valence-electron chi connectivity index (χ2n) is 4.32. The third kappa shape index (κ3) is 2.01. The van der Waals surface area contributed by atoms with E-state index < -0.39 is 0 Å². The van der Waals surface area contributed by atoms with Crippen molar-refractivity contribution in [3.8, 4) is 11.5 Å². The van der Waals surface area contributed by atoms with Gasteiger partial charge in [-0.15, -0.1) is 5.10 Å². The molecule has 0 amide bonds. The molecule has 18 heavy (non-hydrogen) atoms. The maximum atomic E-state index is 5.89. The first-order valence-corrected chi connectivity index (χ1v) is 6.26. The minimum Gasteiger partial charge on any atom is -0.403 e. The fraction of sp³-hybridized carbons (Fsp3) is 0.333. The Hall–Kier alpha value is -1.75. The summed E-state index contributed by atoms with van der Waals surface area (Å²) in [6, 6.07) is 5.79. The molecule has 1 aliphatic rings. The number of hydrogen-bond acceptors (Lipinski definition) is 5. The SMILES string of the molecule is Nc1cc(Cl)ccc1-c1nnc(N2CCCC2)o1. The van der Waals surface area contributed by atoms with Crippen molar-refractivity contribution in [2.75, 3.05) is 23.7 Å². The predicted octanol–water partition coefficient (Wildman–Crippen LogP) is 2.57. The van der Waals surface area contributed by atoms with Gasteiger partial charge in [-0.2, -0.15) is 0 Å². The monoisotopic (exact) mass is 264 g/mol. The Kier molecular flexibility index (Phi) is 2.83. The normalized spacial score (nSPS) is 15.3. The van der Waals surface area contributed by atoms with Crippen LogP contribution in [0.1, 0.15) is 12.8 Å². The van der Waals surface area contributed by atoms with Crippen LogP contribution in [0, 0.1) is 0 Å². The van der Waals surface area contributed by atoms with E-state index in [4.69, 9.17) is 21.8 Å². The molecule has 0 spiro atoms. The molecule has 5 nitrogen and oxygen atoms in total. The van der Waals surface area contributed by atoms with E-state index in [0.29, 0.717) is 22.6 Å². The average molecular weight is 265 g/mol. The number of benzene rings is 1. The van der Waals surface area contributed by atoms with E-state index in [-0.39, 0.29) is 0 Å². The number of anilines is 2. The predicted molar refractivity (Wildman–Crippen MR) is 70.6 cm³/mol. The summed E-state index contributed by atoms with van der Waals surface area (Å²) < 4.78 is 5.65. The van der Waals surface area contributed by atoms with Crippen LogP contribution in [0.15, 0.2) is 22.6 Å². The van der Waals surface area contributed by atoms with Crippen molar-refractivity contribution in [3.05, 3.63) is 23.2 Å². The van der Waals surface area contributed by atoms with Crippen molar-refractivity contribution in [1.82, 2.24) is 10.2 Å². The van der Waals surface area contributed by atoms with Crippen molar-refractivity contribution in [2.24, 2.45) is 0 Å². The zero-order valence-electron chi connectivity index (χ0n) is 9.77. The van der Waals surface area contributed by atoms with Crippen molar-refractivity contribution >= 4 is 23.3 Å². The summed E-state index contributed by atoms with van der Waals surface area (Å²) in [4.78, 5) is 2.09. The van der Waals surface area contributed by atoms with Crippen LogP contribution in [0.3, 0.4) is 0 Å². The fourth-order valence-corrected chi connectivity index (χ4v) is 2.27. The molecule has 0 aliphatic carbocycles. The summed E-state index contributed by atoms with van der Waals surface area (Å²) in [7, 11) is 0. The highest BCUT2D eigenvalue weighted by Gasteiger charge is 2.19. The van der Waals surface area contributed by atoms with E-state index in [9.17, 15) is 0 Å². The maximum Gasteiger partial charge on any atom is 0.318 e. The molecule has 1 aliphatic heterocycles. The number of aromatic nitrogens is 2. The lowest BCUT2D eigenvalue weighted by molar-refractivity contribution is 0.557. The largest absolute Gasteiger partial charge is 0.403 e. The minimum absolute atomic E-state index is 0.436. The summed E-state index contributed by atoms with van der Waals surface area (Å²) in [5.74, 6) is 0.436. The summed E-state index contributed by atoms with van der Waals surface area (Å²) >= 11 is 5.86. The van der Waals surface area contributed by atoms with Gasteiger partial charge in [-0.1, -0.05) is 16.7 Å². The third-order valence-electron chi connectivity index (χ3n) is 3.03.